The summed E-state index contributed by atoms with van der Waals surface area (Å²) < 4.78 is 23.6. The van der Waals surface area contributed by atoms with E-state index in [1.54, 1.807) is 12.4 Å². The van der Waals surface area contributed by atoms with E-state index in [2.05, 4.69) is 4.98 Å². The van der Waals surface area contributed by atoms with Gasteiger partial charge in [-0.3, -0.25) is 13.4 Å². The second kappa shape index (κ2) is 4.90. The molecule has 8 heteroatoms. The van der Waals surface area contributed by atoms with Crippen LogP contribution >= 0.6 is 10.8 Å². The molecule has 21 heavy (non-hydrogen) atoms. The maximum atomic E-state index is 11.3. The first-order valence-electron chi connectivity index (χ1n) is 6.70. The van der Waals surface area contributed by atoms with Crippen LogP contribution < -0.4 is 4.31 Å². The summed E-state index contributed by atoms with van der Waals surface area (Å²) in [5, 5.41) is 9.28. The molecule has 1 aromatic heterocycles. The molecule has 2 aromatic rings. The molecule has 1 saturated heterocycles. The van der Waals surface area contributed by atoms with Gasteiger partial charge in [-0.2, -0.15) is 0 Å². The van der Waals surface area contributed by atoms with Crippen LogP contribution in [0.3, 0.4) is 0 Å². The van der Waals surface area contributed by atoms with Gasteiger partial charge in [0.1, 0.15) is 5.52 Å². The Kier molecular flexibility index (Phi) is 3.31. The minimum absolute atomic E-state index is 0.120. The summed E-state index contributed by atoms with van der Waals surface area (Å²) in [6, 6.07) is 3.04. The zero-order valence-corrected chi connectivity index (χ0v) is 12.4. The molecule has 0 bridgehead atoms. The SMILES string of the molecule is CCn1cnc2c(N3CCCS3(O)O)cc(C(=O)O)cc21. The van der Waals surface area contributed by atoms with Crippen LogP contribution in [0.1, 0.15) is 23.7 Å². The van der Waals surface area contributed by atoms with Crippen LogP contribution in [0, 0.1) is 0 Å². The van der Waals surface area contributed by atoms with Crippen LogP contribution in [-0.2, 0) is 6.54 Å². The van der Waals surface area contributed by atoms with Crippen LogP contribution in [0.15, 0.2) is 18.5 Å². The molecule has 0 amide bonds. The molecule has 0 atom stereocenters. The van der Waals surface area contributed by atoms with Gasteiger partial charge in [-0.05, 0) is 25.5 Å². The lowest BCUT2D eigenvalue weighted by atomic mass is 10.1. The van der Waals surface area contributed by atoms with Crippen molar-refractivity contribution in [2.24, 2.45) is 0 Å². The first-order chi connectivity index (χ1) is 9.94. The highest BCUT2D eigenvalue weighted by Crippen LogP contribution is 2.52. The number of carboxylic acid groups (broad SMARTS) is 1. The molecule has 0 unspecified atom stereocenters. The van der Waals surface area contributed by atoms with E-state index in [9.17, 15) is 19.0 Å². The van der Waals surface area contributed by atoms with Gasteiger partial charge in [-0.15, -0.1) is 10.8 Å². The summed E-state index contributed by atoms with van der Waals surface area (Å²) in [7, 11) is -2.88. The molecule has 7 nitrogen and oxygen atoms in total. The predicted octanol–water partition coefficient (Wildman–Crippen LogP) is 2.63. The lowest BCUT2D eigenvalue weighted by Crippen LogP contribution is -2.22. The van der Waals surface area contributed by atoms with E-state index in [0.717, 1.165) is 0 Å². The monoisotopic (exact) mass is 311 g/mol. The molecule has 1 aromatic carbocycles. The maximum absolute atomic E-state index is 11.3. The second-order valence-corrected chi connectivity index (χ2v) is 7.10. The summed E-state index contributed by atoms with van der Waals surface area (Å²) in [6.07, 6.45) is 2.30. The Morgan fingerprint density at radius 1 is 1.43 bits per heavy atom. The number of nitrogens with zero attached hydrogens (tertiary/aromatic N) is 3. The highest BCUT2D eigenvalue weighted by molar-refractivity contribution is 8.25. The number of fused-ring (bicyclic) bond motifs is 1. The molecule has 3 N–H and O–H groups in total. The Morgan fingerprint density at radius 2 is 2.19 bits per heavy atom. The van der Waals surface area contributed by atoms with Crippen molar-refractivity contribution in [3.05, 3.63) is 24.0 Å². The van der Waals surface area contributed by atoms with E-state index in [-0.39, 0.29) is 5.56 Å². The third-order valence-corrected chi connectivity index (χ3v) is 5.62. The van der Waals surface area contributed by atoms with E-state index in [1.807, 2.05) is 11.5 Å². The molecule has 2 heterocycles. The number of carboxylic acids is 1. The van der Waals surface area contributed by atoms with Crippen molar-refractivity contribution in [2.45, 2.75) is 19.9 Å². The molecular formula is C13H17N3O4S. The number of aryl methyl sites for hydroxylation is 1. The highest BCUT2D eigenvalue weighted by atomic mass is 32.3. The minimum Gasteiger partial charge on any atom is -0.478 e. The predicted molar refractivity (Wildman–Crippen MR) is 82.0 cm³/mol. The van der Waals surface area contributed by atoms with E-state index in [1.165, 1.54) is 10.4 Å². The smallest absolute Gasteiger partial charge is 0.335 e. The fourth-order valence-electron chi connectivity index (χ4n) is 2.65. The summed E-state index contributed by atoms with van der Waals surface area (Å²) >= 11 is 0. The zero-order valence-electron chi connectivity index (χ0n) is 11.6. The molecule has 114 valence electrons. The quantitative estimate of drug-likeness (QED) is 0.806. The molecule has 3 rings (SSSR count). The topological polar surface area (TPSA) is 98.8 Å². The van der Waals surface area contributed by atoms with Gasteiger partial charge in [0, 0.05) is 13.1 Å². The van der Waals surface area contributed by atoms with Crippen molar-refractivity contribution in [1.29, 1.82) is 0 Å². The third-order valence-electron chi connectivity index (χ3n) is 3.69. The Labute approximate surface area is 123 Å². The van der Waals surface area contributed by atoms with Crippen LogP contribution in [0.25, 0.3) is 11.0 Å². The summed E-state index contributed by atoms with van der Waals surface area (Å²) in [6.45, 7) is 3.09. The van der Waals surface area contributed by atoms with Gasteiger partial charge in [-0.1, -0.05) is 0 Å². The Balaban J connectivity index is 2.25. The van der Waals surface area contributed by atoms with Crippen molar-refractivity contribution < 1.29 is 19.0 Å². The lowest BCUT2D eigenvalue weighted by molar-refractivity contribution is 0.0697. The van der Waals surface area contributed by atoms with Crippen molar-refractivity contribution in [3.63, 3.8) is 0 Å². The number of hydrogen-bond acceptors (Lipinski definition) is 5. The summed E-state index contributed by atoms with van der Waals surface area (Å²) in [5.74, 6) is -0.738. The van der Waals surface area contributed by atoms with Gasteiger partial charge >= 0.3 is 5.97 Å². The van der Waals surface area contributed by atoms with Gasteiger partial charge in [0.15, 0.2) is 0 Å². The number of benzene rings is 1. The number of anilines is 1. The van der Waals surface area contributed by atoms with Crippen molar-refractivity contribution in [2.75, 3.05) is 16.6 Å². The molecule has 0 radical (unpaired) electrons. The van der Waals surface area contributed by atoms with Crippen LogP contribution in [-0.4, -0.2) is 42.0 Å². The average molecular weight is 311 g/mol. The van der Waals surface area contributed by atoms with Crippen molar-refractivity contribution >= 4 is 33.5 Å². The molecule has 0 aliphatic carbocycles. The van der Waals surface area contributed by atoms with Gasteiger partial charge in [-0.25, -0.2) is 9.78 Å². The normalized spacial score (nSPS) is 19.1. The largest absolute Gasteiger partial charge is 0.478 e. The standard InChI is InChI=1S/C13H17N3O4S/c1-2-15-8-14-12-10(15)6-9(13(17)18)7-11(12)16-4-3-5-21(16,19)20/h6-8,19-20H,2-5H2,1H3,(H,17,18). The van der Waals surface area contributed by atoms with E-state index >= 15 is 0 Å². The zero-order chi connectivity index (χ0) is 15.2. The van der Waals surface area contributed by atoms with Crippen LogP contribution in [0.2, 0.25) is 0 Å². The fraction of sp³-hybridized carbons (Fsp3) is 0.385. The number of rotatable bonds is 3. The number of hydrogen-bond donors (Lipinski definition) is 3. The molecular weight excluding hydrogens is 294 g/mol. The highest BCUT2D eigenvalue weighted by Gasteiger charge is 2.31. The molecule has 1 fully saturated rings. The number of aromatic carboxylic acids is 1. The summed E-state index contributed by atoms with van der Waals surface area (Å²) in [5.41, 5.74) is 1.89. The van der Waals surface area contributed by atoms with Gasteiger partial charge < -0.3 is 9.67 Å². The van der Waals surface area contributed by atoms with Crippen LogP contribution in [0.4, 0.5) is 5.69 Å². The molecule has 1 aliphatic heterocycles. The van der Waals surface area contributed by atoms with Gasteiger partial charge in [0.2, 0.25) is 0 Å². The van der Waals surface area contributed by atoms with E-state index in [0.29, 0.717) is 42.0 Å². The Bertz CT molecular complexity index is 713. The van der Waals surface area contributed by atoms with Gasteiger partial charge in [0.25, 0.3) is 0 Å². The Morgan fingerprint density at radius 3 is 2.76 bits per heavy atom. The third kappa shape index (κ3) is 2.25. The van der Waals surface area contributed by atoms with Crippen molar-refractivity contribution in [1.82, 2.24) is 9.55 Å². The van der Waals surface area contributed by atoms with Crippen LogP contribution in [0.5, 0.6) is 0 Å². The second-order valence-electron chi connectivity index (χ2n) is 4.99. The average Bonchev–Trinajstić information content (AvgIpc) is 3.00. The first kappa shape index (κ1) is 14.2. The van der Waals surface area contributed by atoms with E-state index in [4.69, 9.17) is 0 Å². The number of carbonyl (C=O) groups is 1. The molecule has 1 aliphatic rings. The minimum atomic E-state index is -2.88. The molecule has 0 spiro atoms. The van der Waals surface area contributed by atoms with Gasteiger partial charge in [0.05, 0.1) is 28.8 Å². The Hall–Kier alpha value is -1.77. The number of aromatic nitrogens is 2. The lowest BCUT2D eigenvalue weighted by Gasteiger charge is -2.38. The maximum Gasteiger partial charge on any atom is 0.335 e. The summed E-state index contributed by atoms with van der Waals surface area (Å²) in [4.78, 5) is 15.6. The van der Waals surface area contributed by atoms with E-state index < -0.39 is 16.7 Å². The van der Waals surface area contributed by atoms with Crippen molar-refractivity contribution in [3.8, 4) is 0 Å². The first-order valence-corrected chi connectivity index (χ1v) is 8.37. The number of imidazole rings is 1. The molecule has 0 saturated carbocycles. The fourth-order valence-corrected chi connectivity index (χ4v) is 4.26.